The van der Waals surface area contributed by atoms with Crippen molar-refractivity contribution in [1.29, 1.82) is 0 Å². The van der Waals surface area contributed by atoms with Gasteiger partial charge < -0.3 is 9.47 Å². The number of hydrogen-bond acceptors (Lipinski definition) is 4. The number of aryl methyl sites for hydroxylation is 2. The average molecular weight is 318 g/mol. The lowest BCUT2D eigenvalue weighted by molar-refractivity contribution is -0.186. The van der Waals surface area contributed by atoms with Crippen LogP contribution in [0.5, 0.6) is 0 Å². The van der Waals surface area contributed by atoms with E-state index < -0.39 is 11.6 Å². The maximum atomic E-state index is 12.4. The summed E-state index contributed by atoms with van der Waals surface area (Å²) in [6.07, 6.45) is 4.14. The van der Waals surface area contributed by atoms with Crippen LogP contribution in [0.3, 0.4) is 0 Å². The normalized spacial score (nSPS) is 16.7. The van der Waals surface area contributed by atoms with Crippen LogP contribution in [-0.4, -0.2) is 24.1 Å². The van der Waals surface area contributed by atoms with Crippen molar-refractivity contribution in [2.75, 3.05) is 6.61 Å². The molecule has 0 N–H and O–H groups in total. The minimum atomic E-state index is -1.08. The van der Waals surface area contributed by atoms with Crippen molar-refractivity contribution in [2.45, 2.75) is 64.9 Å². The number of hydrogen-bond donors (Lipinski definition) is 0. The predicted octanol–water partition coefficient (Wildman–Crippen LogP) is 3.66. The van der Waals surface area contributed by atoms with Crippen molar-refractivity contribution in [2.24, 2.45) is 0 Å². The lowest BCUT2D eigenvalue weighted by Crippen LogP contribution is -2.46. The van der Waals surface area contributed by atoms with Gasteiger partial charge in [0.05, 0.1) is 13.0 Å². The van der Waals surface area contributed by atoms with E-state index in [2.05, 4.69) is 0 Å². The summed E-state index contributed by atoms with van der Waals surface area (Å²) < 4.78 is 10.8. The minimum Gasteiger partial charge on any atom is -0.463 e. The molecule has 2 rings (SSSR count). The van der Waals surface area contributed by atoms with Crippen LogP contribution in [0.15, 0.2) is 18.2 Å². The van der Waals surface area contributed by atoms with Crippen LogP contribution in [0.2, 0.25) is 0 Å². The van der Waals surface area contributed by atoms with Gasteiger partial charge in [-0.1, -0.05) is 30.2 Å². The molecule has 0 heterocycles. The molecule has 0 amide bonds. The van der Waals surface area contributed by atoms with E-state index in [9.17, 15) is 9.59 Å². The first-order valence-electron chi connectivity index (χ1n) is 8.42. The maximum Gasteiger partial charge on any atom is 0.350 e. The standard InChI is InChI=1S/C19H26O4/c1-4-22-18(21)19(10-6-5-7-11-19)23-17(20)13-16-9-8-14(2)12-15(16)3/h8-9,12H,4-7,10-11,13H2,1-3H3. The molecule has 0 spiro atoms. The molecule has 0 saturated heterocycles. The molecule has 1 aromatic carbocycles. The van der Waals surface area contributed by atoms with Crippen molar-refractivity contribution in [1.82, 2.24) is 0 Å². The summed E-state index contributed by atoms with van der Waals surface area (Å²) in [5.41, 5.74) is 2.09. The van der Waals surface area contributed by atoms with Crippen LogP contribution in [0, 0.1) is 13.8 Å². The summed E-state index contributed by atoms with van der Waals surface area (Å²) in [5.74, 6) is -0.749. The summed E-state index contributed by atoms with van der Waals surface area (Å²) in [7, 11) is 0. The molecule has 0 bridgehead atoms. The largest absolute Gasteiger partial charge is 0.463 e. The van der Waals surface area contributed by atoms with E-state index >= 15 is 0 Å². The van der Waals surface area contributed by atoms with E-state index in [-0.39, 0.29) is 12.4 Å². The molecule has 0 aliphatic heterocycles. The molecule has 0 radical (unpaired) electrons. The highest BCUT2D eigenvalue weighted by atomic mass is 16.6. The molecule has 1 saturated carbocycles. The van der Waals surface area contributed by atoms with Crippen molar-refractivity contribution < 1.29 is 19.1 Å². The highest BCUT2D eigenvalue weighted by Gasteiger charge is 2.44. The van der Waals surface area contributed by atoms with E-state index in [1.165, 1.54) is 0 Å². The Morgan fingerprint density at radius 2 is 1.83 bits per heavy atom. The van der Waals surface area contributed by atoms with Gasteiger partial charge in [-0.25, -0.2) is 4.79 Å². The van der Waals surface area contributed by atoms with Crippen LogP contribution < -0.4 is 0 Å². The number of rotatable bonds is 5. The van der Waals surface area contributed by atoms with Gasteiger partial charge in [0.2, 0.25) is 5.60 Å². The fraction of sp³-hybridized carbons (Fsp3) is 0.579. The third-order valence-corrected chi connectivity index (χ3v) is 4.45. The number of benzene rings is 1. The van der Waals surface area contributed by atoms with Gasteiger partial charge in [0.25, 0.3) is 0 Å². The van der Waals surface area contributed by atoms with Crippen LogP contribution in [0.25, 0.3) is 0 Å². The Morgan fingerprint density at radius 1 is 1.13 bits per heavy atom. The van der Waals surface area contributed by atoms with Gasteiger partial charge in [0, 0.05) is 0 Å². The zero-order valence-corrected chi connectivity index (χ0v) is 14.3. The maximum absolute atomic E-state index is 12.4. The average Bonchev–Trinajstić information content (AvgIpc) is 2.51. The summed E-state index contributed by atoms with van der Waals surface area (Å²) >= 11 is 0. The molecule has 0 atom stereocenters. The zero-order valence-electron chi connectivity index (χ0n) is 14.3. The molecule has 126 valence electrons. The second-order valence-corrected chi connectivity index (χ2v) is 6.36. The second kappa shape index (κ2) is 7.62. The monoisotopic (exact) mass is 318 g/mol. The van der Waals surface area contributed by atoms with Crippen molar-refractivity contribution in [3.05, 3.63) is 34.9 Å². The Kier molecular flexibility index (Phi) is 5.80. The van der Waals surface area contributed by atoms with Gasteiger partial charge in [0.1, 0.15) is 0 Å². The molecule has 1 aromatic rings. The molecular weight excluding hydrogens is 292 g/mol. The SMILES string of the molecule is CCOC(=O)C1(OC(=O)Cc2ccc(C)cc2C)CCCCC1. The summed E-state index contributed by atoms with van der Waals surface area (Å²) in [6, 6.07) is 5.98. The molecule has 1 aliphatic carbocycles. The molecule has 23 heavy (non-hydrogen) atoms. The molecular formula is C19H26O4. The van der Waals surface area contributed by atoms with Gasteiger partial charge in [0.15, 0.2) is 0 Å². The van der Waals surface area contributed by atoms with Gasteiger partial charge in [-0.2, -0.15) is 0 Å². The third-order valence-electron chi connectivity index (χ3n) is 4.45. The van der Waals surface area contributed by atoms with Gasteiger partial charge in [-0.05, 0) is 57.6 Å². The summed E-state index contributed by atoms with van der Waals surface area (Å²) in [6.45, 7) is 6.07. The molecule has 1 aliphatic rings. The Bertz CT molecular complexity index is 571. The second-order valence-electron chi connectivity index (χ2n) is 6.36. The molecule has 1 fully saturated rings. The highest BCUT2D eigenvalue weighted by Crippen LogP contribution is 2.33. The number of ether oxygens (including phenoxy) is 2. The van der Waals surface area contributed by atoms with E-state index in [1.54, 1.807) is 6.92 Å². The van der Waals surface area contributed by atoms with E-state index in [0.717, 1.165) is 36.0 Å². The molecule has 0 aromatic heterocycles. The lowest BCUT2D eigenvalue weighted by Gasteiger charge is -2.34. The third kappa shape index (κ3) is 4.34. The van der Waals surface area contributed by atoms with Crippen molar-refractivity contribution >= 4 is 11.9 Å². The van der Waals surface area contributed by atoms with Crippen LogP contribution >= 0.6 is 0 Å². The first kappa shape index (κ1) is 17.5. The quantitative estimate of drug-likeness (QED) is 0.778. The zero-order chi connectivity index (χ0) is 16.9. The Hall–Kier alpha value is -1.84. The Labute approximate surface area is 138 Å². The molecule has 0 unspecified atom stereocenters. The predicted molar refractivity (Wildman–Crippen MR) is 88.2 cm³/mol. The highest BCUT2D eigenvalue weighted by molar-refractivity contribution is 5.84. The van der Waals surface area contributed by atoms with Crippen LogP contribution in [0.4, 0.5) is 0 Å². The van der Waals surface area contributed by atoms with Gasteiger partial charge in [-0.3, -0.25) is 4.79 Å². The summed E-state index contributed by atoms with van der Waals surface area (Å²) in [5, 5.41) is 0. The number of carbonyl (C=O) groups excluding carboxylic acids is 2. The van der Waals surface area contributed by atoms with E-state index in [1.807, 2.05) is 32.0 Å². The van der Waals surface area contributed by atoms with Crippen LogP contribution in [-0.2, 0) is 25.5 Å². The minimum absolute atomic E-state index is 0.188. The number of esters is 2. The first-order chi connectivity index (χ1) is 11.0. The lowest BCUT2D eigenvalue weighted by atomic mass is 9.84. The van der Waals surface area contributed by atoms with E-state index in [4.69, 9.17) is 9.47 Å². The topological polar surface area (TPSA) is 52.6 Å². The first-order valence-corrected chi connectivity index (χ1v) is 8.42. The fourth-order valence-electron chi connectivity index (χ4n) is 3.19. The smallest absolute Gasteiger partial charge is 0.350 e. The fourth-order valence-corrected chi connectivity index (χ4v) is 3.19. The van der Waals surface area contributed by atoms with Crippen molar-refractivity contribution in [3.63, 3.8) is 0 Å². The van der Waals surface area contributed by atoms with Gasteiger partial charge >= 0.3 is 11.9 Å². The van der Waals surface area contributed by atoms with Crippen LogP contribution in [0.1, 0.15) is 55.7 Å². The van der Waals surface area contributed by atoms with Crippen molar-refractivity contribution in [3.8, 4) is 0 Å². The Morgan fingerprint density at radius 3 is 2.43 bits per heavy atom. The number of carbonyl (C=O) groups is 2. The molecule has 4 nitrogen and oxygen atoms in total. The molecule has 4 heteroatoms. The van der Waals surface area contributed by atoms with Gasteiger partial charge in [-0.15, -0.1) is 0 Å². The van der Waals surface area contributed by atoms with E-state index in [0.29, 0.717) is 19.4 Å². The Balaban J connectivity index is 2.09. The summed E-state index contributed by atoms with van der Waals surface area (Å²) in [4.78, 5) is 24.7.